The Balaban J connectivity index is 2.64. The van der Waals surface area contributed by atoms with Crippen LogP contribution in [0.5, 0.6) is 0 Å². The topological polar surface area (TPSA) is 114 Å². The van der Waals surface area contributed by atoms with Gasteiger partial charge in [-0.1, -0.05) is 23.7 Å². The van der Waals surface area contributed by atoms with Crippen molar-refractivity contribution in [2.45, 2.75) is 32.4 Å². The van der Waals surface area contributed by atoms with Crippen molar-refractivity contribution in [3.8, 4) is 0 Å². The van der Waals surface area contributed by atoms with E-state index in [0.29, 0.717) is 12.2 Å². The number of hydrogen-bond acceptors (Lipinski definition) is 6. The monoisotopic (exact) mass is 429 g/mol. The second-order valence-electron chi connectivity index (χ2n) is 6.07. The second kappa shape index (κ2) is 12.2. The lowest BCUT2D eigenvalue weighted by Gasteiger charge is -2.17. The minimum Gasteiger partial charge on any atom is -0.454 e. The molecule has 10 heteroatoms. The lowest BCUT2D eigenvalue weighted by molar-refractivity contribution is -0.150. The first-order chi connectivity index (χ1) is 13.2. The summed E-state index contributed by atoms with van der Waals surface area (Å²) in [5.74, 6) is -1.47. The van der Waals surface area contributed by atoms with Gasteiger partial charge in [-0.25, -0.2) is 9.59 Å². The first-order valence-electron chi connectivity index (χ1n) is 8.56. The van der Waals surface area contributed by atoms with E-state index in [-0.39, 0.29) is 16.6 Å². The Bertz CT molecular complexity index is 714. The molecular weight excluding hydrogens is 406 g/mol. The summed E-state index contributed by atoms with van der Waals surface area (Å²) in [5, 5.41) is 7.36. The van der Waals surface area contributed by atoms with Crippen LogP contribution < -0.4 is 16.0 Å². The van der Waals surface area contributed by atoms with Gasteiger partial charge in [0, 0.05) is 6.04 Å². The molecule has 28 heavy (non-hydrogen) atoms. The van der Waals surface area contributed by atoms with E-state index < -0.39 is 36.5 Å². The van der Waals surface area contributed by atoms with Crippen molar-refractivity contribution in [3.63, 3.8) is 0 Å². The number of nitrogens with one attached hydrogen (secondary N) is 3. The van der Waals surface area contributed by atoms with E-state index in [9.17, 15) is 19.2 Å². The van der Waals surface area contributed by atoms with Gasteiger partial charge in [0.2, 0.25) is 0 Å². The number of rotatable bonds is 9. The Morgan fingerprint density at radius 1 is 1.14 bits per heavy atom. The van der Waals surface area contributed by atoms with Gasteiger partial charge >= 0.3 is 12.0 Å². The van der Waals surface area contributed by atoms with Crippen LogP contribution in [0.25, 0.3) is 0 Å². The van der Waals surface area contributed by atoms with Gasteiger partial charge in [0.25, 0.3) is 11.8 Å². The molecular formula is C18H24ClN3O5S. The van der Waals surface area contributed by atoms with E-state index in [4.69, 9.17) is 16.3 Å². The summed E-state index contributed by atoms with van der Waals surface area (Å²) in [7, 11) is 0. The molecule has 1 aromatic carbocycles. The van der Waals surface area contributed by atoms with Crippen LogP contribution in [0.3, 0.4) is 0 Å². The van der Waals surface area contributed by atoms with E-state index >= 15 is 0 Å². The number of urea groups is 1. The summed E-state index contributed by atoms with van der Waals surface area (Å²) < 4.78 is 4.95. The maximum absolute atomic E-state index is 12.4. The Morgan fingerprint density at radius 3 is 2.43 bits per heavy atom. The lowest BCUT2D eigenvalue weighted by Crippen LogP contribution is -2.46. The van der Waals surface area contributed by atoms with Crippen molar-refractivity contribution in [1.29, 1.82) is 0 Å². The summed E-state index contributed by atoms with van der Waals surface area (Å²) >= 11 is 7.50. The highest BCUT2D eigenvalue weighted by Gasteiger charge is 2.24. The minimum absolute atomic E-state index is 0.147. The summed E-state index contributed by atoms with van der Waals surface area (Å²) in [5.41, 5.74) is 0.231. The number of esters is 1. The van der Waals surface area contributed by atoms with Crippen LogP contribution >= 0.6 is 23.4 Å². The summed E-state index contributed by atoms with van der Waals surface area (Å²) in [6.45, 7) is 2.84. The number of carbonyl (C=O) groups is 4. The van der Waals surface area contributed by atoms with E-state index in [0.717, 1.165) is 0 Å². The number of hydrogen-bond donors (Lipinski definition) is 3. The number of ether oxygens (including phenoxy) is 1. The predicted octanol–water partition coefficient (Wildman–Crippen LogP) is 1.97. The zero-order valence-electron chi connectivity index (χ0n) is 15.9. The molecule has 4 amide bonds. The van der Waals surface area contributed by atoms with E-state index in [1.165, 1.54) is 17.8 Å². The van der Waals surface area contributed by atoms with Crippen molar-refractivity contribution in [1.82, 2.24) is 16.0 Å². The van der Waals surface area contributed by atoms with Crippen LogP contribution in [0.15, 0.2) is 24.3 Å². The lowest BCUT2D eigenvalue weighted by atomic mass is 10.1. The fourth-order valence-corrected chi connectivity index (χ4v) is 2.76. The Kier molecular flexibility index (Phi) is 10.4. The van der Waals surface area contributed by atoms with Crippen LogP contribution in [0.2, 0.25) is 5.02 Å². The molecule has 0 fully saturated rings. The van der Waals surface area contributed by atoms with Gasteiger partial charge in [-0.2, -0.15) is 11.8 Å². The Hall–Kier alpha value is -2.26. The molecule has 0 aliphatic carbocycles. The average molecular weight is 430 g/mol. The van der Waals surface area contributed by atoms with Crippen molar-refractivity contribution < 1.29 is 23.9 Å². The van der Waals surface area contributed by atoms with E-state index in [2.05, 4.69) is 10.6 Å². The quantitative estimate of drug-likeness (QED) is 0.517. The van der Waals surface area contributed by atoms with Crippen LogP contribution in [-0.2, 0) is 14.3 Å². The van der Waals surface area contributed by atoms with Gasteiger partial charge < -0.3 is 15.4 Å². The number of benzene rings is 1. The second-order valence-corrected chi connectivity index (χ2v) is 7.46. The largest absolute Gasteiger partial charge is 0.454 e. The van der Waals surface area contributed by atoms with Crippen LogP contribution in [0.4, 0.5) is 4.79 Å². The third-order valence-electron chi connectivity index (χ3n) is 3.34. The highest BCUT2D eigenvalue weighted by molar-refractivity contribution is 7.98. The summed E-state index contributed by atoms with van der Waals surface area (Å²) in [6, 6.07) is 4.67. The normalized spacial score (nSPS) is 11.5. The highest BCUT2D eigenvalue weighted by Crippen LogP contribution is 2.15. The van der Waals surface area contributed by atoms with Crippen molar-refractivity contribution in [3.05, 3.63) is 34.9 Å². The van der Waals surface area contributed by atoms with Gasteiger partial charge in [-0.3, -0.25) is 14.9 Å². The first kappa shape index (κ1) is 23.8. The number of thioether (sulfide) groups is 1. The van der Waals surface area contributed by atoms with Gasteiger partial charge in [0.15, 0.2) is 6.61 Å². The SMILES string of the molecule is CSCCC(NC(=O)c1ccccc1Cl)C(=O)OCC(=O)NC(=O)NC(C)C. The molecule has 0 bridgehead atoms. The molecule has 0 saturated heterocycles. The molecule has 3 N–H and O–H groups in total. The molecule has 0 aromatic heterocycles. The van der Waals surface area contributed by atoms with Gasteiger partial charge in [-0.15, -0.1) is 0 Å². The van der Waals surface area contributed by atoms with Crippen molar-refractivity contribution >= 4 is 47.2 Å². The number of amides is 4. The summed E-state index contributed by atoms with van der Waals surface area (Å²) in [6.07, 6.45) is 2.17. The van der Waals surface area contributed by atoms with Gasteiger partial charge in [0.1, 0.15) is 6.04 Å². The molecule has 0 saturated carbocycles. The molecule has 1 unspecified atom stereocenters. The Labute approximate surface area is 173 Å². The van der Waals surface area contributed by atoms with Crippen LogP contribution in [-0.4, -0.2) is 54.5 Å². The molecule has 0 heterocycles. The first-order valence-corrected chi connectivity index (χ1v) is 10.3. The number of halogens is 1. The number of imide groups is 1. The third kappa shape index (κ3) is 8.62. The molecule has 1 aromatic rings. The van der Waals surface area contributed by atoms with E-state index in [1.807, 2.05) is 11.6 Å². The molecule has 1 rings (SSSR count). The fourth-order valence-electron chi connectivity index (χ4n) is 2.06. The zero-order chi connectivity index (χ0) is 21.1. The third-order valence-corrected chi connectivity index (χ3v) is 4.31. The average Bonchev–Trinajstić information content (AvgIpc) is 2.62. The van der Waals surface area contributed by atoms with E-state index in [1.54, 1.807) is 32.0 Å². The smallest absolute Gasteiger partial charge is 0.329 e. The highest BCUT2D eigenvalue weighted by atomic mass is 35.5. The zero-order valence-corrected chi connectivity index (χ0v) is 17.5. The van der Waals surface area contributed by atoms with Crippen LogP contribution in [0.1, 0.15) is 30.6 Å². The maximum Gasteiger partial charge on any atom is 0.329 e. The van der Waals surface area contributed by atoms with Gasteiger partial charge in [-0.05, 0) is 44.4 Å². The fraction of sp³-hybridized carbons (Fsp3) is 0.444. The Morgan fingerprint density at radius 2 is 1.82 bits per heavy atom. The van der Waals surface area contributed by atoms with Crippen molar-refractivity contribution in [2.24, 2.45) is 0 Å². The summed E-state index contributed by atoms with van der Waals surface area (Å²) in [4.78, 5) is 47.9. The number of carbonyl (C=O) groups excluding carboxylic acids is 4. The molecule has 8 nitrogen and oxygen atoms in total. The molecule has 0 aliphatic rings. The van der Waals surface area contributed by atoms with Gasteiger partial charge in [0.05, 0.1) is 10.6 Å². The molecule has 0 aliphatic heterocycles. The maximum atomic E-state index is 12.4. The molecule has 154 valence electrons. The molecule has 0 spiro atoms. The van der Waals surface area contributed by atoms with Crippen LogP contribution in [0, 0.1) is 0 Å². The predicted molar refractivity (Wildman–Crippen MR) is 108 cm³/mol. The molecule has 1 atom stereocenters. The minimum atomic E-state index is -0.950. The standard InChI is InChI=1S/C18H24ClN3O5S/c1-11(2)20-18(26)22-15(23)10-27-17(25)14(8-9-28-3)21-16(24)12-6-4-5-7-13(12)19/h4-7,11,14H,8-10H2,1-3H3,(H,21,24)(H2,20,22,23,26). The molecule has 0 radical (unpaired) electrons. The van der Waals surface area contributed by atoms with Crippen molar-refractivity contribution in [2.75, 3.05) is 18.6 Å².